The van der Waals surface area contributed by atoms with Crippen molar-refractivity contribution in [2.45, 2.75) is 58.8 Å². The standard InChI is InChI=1S/C11H25N/c1-3-5-6-7-8-9-11(4-2)10-12/h11H,3-10,12H2,1-2H3/t11-/m0/s1. The Balaban J connectivity index is 3.06. The van der Waals surface area contributed by atoms with Crippen LogP contribution in [0.3, 0.4) is 0 Å². The molecule has 0 radical (unpaired) electrons. The molecule has 0 unspecified atom stereocenters. The molecule has 0 aliphatic heterocycles. The molecule has 0 aliphatic rings. The van der Waals surface area contributed by atoms with Crippen LogP contribution in [0, 0.1) is 5.92 Å². The maximum absolute atomic E-state index is 5.62. The Morgan fingerprint density at radius 2 is 1.67 bits per heavy atom. The highest BCUT2D eigenvalue weighted by Gasteiger charge is 2.01. The van der Waals surface area contributed by atoms with Crippen molar-refractivity contribution in [2.24, 2.45) is 11.7 Å². The van der Waals surface area contributed by atoms with Crippen molar-refractivity contribution in [3.63, 3.8) is 0 Å². The molecule has 0 aromatic carbocycles. The summed E-state index contributed by atoms with van der Waals surface area (Å²) in [7, 11) is 0. The minimum atomic E-state index is 0.784. The Labute approximate surface area is 77.7 Å². The second kappa shape index (κ2) is 9.05. The van der Waals surface area contributed by atoms with Crippen molar-refractivity contribution in [1.82, 2.24) is 0 Å². The van der Waals surface area contributed by atoms with E-state index in [1.807, 2.05) is 0 Å². The third-order valence-corrected chi connectivity index (χ3v) is 2.63. The van der Waals surface area contributed by atoms with Crippen molar-refractivity contribution in [3.05, 3.63) is 0 Å². The summed E-state index contributed by atoms with van der Waals surface area (Å²) in [5.41, 5.74) is 5.62. The Morgan fingerprint density at radius 1 is 1.00 bits per heavy atom. The van der Waals surface area contributed by atoms with E-state index in [4.69, 9.17) is 5.73 Å². The molecule has 2 N–H and O–H groups in total. The van der Waals surface area contributed by atoms with E-state index in [-0.39, 0.29) is 0 Å². The number of unbranched alkanes of at least 4 members (excludes halogenated alkanes) is 4. The first-order chi connectivity index (χ1) is 5.85. The molecule has 0 aromatic heterocycles. The highest BCUT2D eigenvalue weighted by Crippen LogP contribution is 2.13. The van der Waals surface area contributed by atoms with Gasteiger partial charge in [-0.3, -0.25) is 0 Å². The van der Waals surface area contributed by atoms with Gasteiger partial charge in [-0.25, -0.2) is 0 Å². The summed E-state index contributed by atoms with van der Waals surface area (Å²) in [6, 6.07) is 0. The normalized spacial score (nSPS) is 13.2. The van der Waals surface area contributed by atoms with E-state index >= 15 is 0 Å². The molecule has 1 atom stereocenters. The molecule has 74 valence electrons. The van der Waals surface area contributed by atoms with E-state index in [9.17, 15) is 0 Å². The first kappa shape index (κ1) is 12.0. The number of hydrogen-bond acceptors (Lipinski definition) is 1. The molecule has 0 spiro atoms. The van der Waals surface area contributed by atoms with Crippen molar-refractivity contribution in [1.29, 1.82) is 0 Å². The van der Waals surface area contributed by atoms with Crippen LogP contribution in [0.5, 0.6) is 0 Å². The van der Waals surface area contributed by atoms with Crippen LogP contribution in [0.2, 0.25) is 0 Å². The second-order valence-corrected chi connectivity index (χ2v) is 3.71. The summed E-state index contributed by atoms with van der Waals surface area (Å²) in [5, 5.41) is 0. The van der Waals surface area contributed by atoms with Crippen molar-refractivity contribution in [3.8, 4) is 0 Å². The molecule has 0 saturated carbocycles. The summed E-state index contributed by atoms with van der Waals surface area (Å²) in [5.74, 6) is 0.784. The highest BCUT2D eigenvalue weighted by molar-refractivity contribution is 4.57. The highest BCUT2D eigenvalue weighted by atomic mass is 14.5. The lowest BCUT2D eigenvalue weighted by Gasteiger charge is -2.10. The molecule has 0 heterocycles. The molecular formula is C11H25N. The summed E-state index contributed by atoms with van der Waals surface area (Å²) >= 11 is 0. The monoisotopic (exact) mass is 171 g/mol. The van der Waals surface area contributed by atoms with Gasteiger partial charge in [-0.05, 0) is 18.9 Å². The van der Waals surface area contributed by atoms with Gasteiger partial charge in [0.2, 0.25) is 0 Å². The molecule has 0 fully saturated rings. The smallest absolute Gasteiger partial charge is 0.00490 e. The first-order valence-corrected chi connectivity index (χ1v) is 5.55. The number of hydrogen-bond donors (Lipinski definition) is 1. The van der Waals surface area contributed by atoms with E-state index in [0.717, 1.165) is 12.5 Å². The Kier molecular flexibility index (Phi) is 9.02. The summed E-state index contributed by atoms with van der Waals surface area (Å²) in [4.78, 5) is 0. The largest absolute Gasteiger partial charge is 0.330 e. The fourth-order valence-electron chi connectivity index (χ4n) is 1.53. The van der Waals surface area contributed by atoms with Crippen molar-refractivity contribution < 1.29 is 0 Å². The van der Waals surface area contributed by atoms with Gasteiger partial charge in [-0.15, -0.1) is 0 Å². The lowest BCUT2D eigenvalue weighted by molar-refractivity contribution is 0.448. The molecule has 0 saturated heterocycles. The maximum Gasteiger partial charge on any atom is -0.00490 e. The average molecular weight is 171 g/mol. The van der Waals surface area contributed by atoms with Crippen molar-refractivity contribution >= 4 is 0 Å². The van der Waals surface area contributed by atoms with Crippen LogP contribution in [-0.4, -0.2) is 6.54 Å². The Hall–Kier alpha value is -0.0400. The molecule has 0 rings (SSSR count). The van der Waals surface area contributed by atoms with Gasteiger partial charge in [0.15, 0.2) is 0 Å². The van der Waals surface area contributed by atoms with Gasteiger partial charge in [-0.2, -0.15) is 0 Å². The first-order valence-electron chi connectivity index (χ1n) is 5.55. The zero-order valence-corrected chi connectivity index (χ0v) is 8.81. The third kappa shape index (κ3) is 6.66. The second-order valence-electron chi connectivity index (χ2n) is 3.71. The lowest BCUT2D eigenvalue weighted by Crippen LogP contribution is -2.12. The molecule has 1 nitrogen and oxygen atoms in total. The van der Waals surface area contributed by atoms with E-state index in [1.165, 1.54) is 44.9 Å². The van der Waals surface area contributed by atoms with Crippen LogP contribution < -0.4 is 5.73 Å². The van der Waals surface area contributed by atoms with Crippen LogP contribution in [0.4, 0.5) is 0 Å². The maximum atomic E-state index is 5.62. The summed E-state index contributed by atoms with van der Waals surface area (Å²) in [6.45, 7) is 5.38. The van der Waals surface area contributed by atoms with E-state index < -0.39 is 0 Å². The van der Waals surface area contributed by atoms with Crippen molar-refractivity contribution in [2.75, 3.05) is 6.54 Å². The Bertz CT molecular complexity index is 77.1. The zero-order chi connectivity index (χ0) is 9.23. The molecular weight excluding hydrogens is 146 g/mol. The molecule has 0 amide bonds. The molecule has 0 bridgehead atoms. The molecule has 0 aromatic rings. The molecule has 1 heteroatoms. The van der Waals surface area contributed by atoms with Crippen LogP contribution in [0.15, 0.2) is 0 Å². The lowest BCUT2D eigenvalue weighted by atomic mass is 9.98. The van der Waals surface area contributed by atoms with Gasteiger partial charge in [0.05, 0.1) is 0 Å². The minimum absolute atomic E-state index is 0.784. The fourth-order valence-corrected chi connectivity index (χ4v) is 1.53. The fraction of sp³-hybridized carbons (Fsp3) is 1.00. The zero-order valence-electron chi connectivity index (χ0n) is 8.81. The van der Waals surface area contributed by atoms with Gasteiger partial charge in [0.1, 0.15) is 0 Å². The van der Waals surface area contributed by atoms with Crippen LogP contribution in [-0.2, 0) is 0 Å². The topological polar surface area (TPSA) is 26.0 Å². The minimum Gasteiger partial charge on any atom is -0.330 e. The molecule has 12 heavy (non-hydrogen) atoms. The number of nitrogens with two attached hydrogens (primary N) is 1. The third-order valence-electron chi connectivity index (χ3n) is 2.63. The predicted octanol–water partition coefficient (Wildman–Crippen LogP) is 3.33. The van der Waals surface area contributed by atoms with E-state index in [2.05, 4.69) is 13.8 Å². The average Bonchev–Trinajstić information content (AvgIpc) is 2.11. The molecule has 0 aliphatic carbocycles. The van der Waals surface area contributed by atoms with Gasteiger partial charge >= 0.3 is 0 Å². The van der Waals surface area contributed by atoms with E-state index in [0.29, 0.717) is 0 Å². The van der Waals surface area contributed by atoms with Crippen LogP contribution in [0.1, 0.15) is 58.8 Å². The van der Waals surface area contributed by atoms with E-state index in [1.54, 1.807) is 0 Å². The van der Waals surface area contributed by atoms with Gasteiger partial charge in [0, 0.05) is 0 Å². The quantitative estimate of drug-likeness (QED) is 0.557. The Morgan fingerprint density at radius 3 is 2.17 bits per heavy atom. The van der Waals surface area contributed by atoms with Gasteiger partial charge < -0.3 is 5.73 Å². The number of rotatable bonds is 8. The SMILES string of the molecule is CCCCCCC[C@H](CC)CN. The van der Waals surface area contributed by atoms with Gasteiger partial charge in [0.25, 0.3) is 0 Å². The van der Waals surface area contributed by atoms with Crippen LogP contribution >= 0.6 is 0 Å². The summed E-state index contributed by atoms with van der Waals surface area (Å²) < 4.78 is 0. The summed E-state index contributed by atoms with van der Waals surface area (Å²) in [6.07, 6.45) is 9.55. The van der Waals surface area contributed by atoms with Crippen LogP contribution in [0.25, 0.3) is 0 Å². The predicted molar refractivity (Wildman–Crippen MR) is 56.2 cm³/mol. The van der Waals surface area contributed by atoms with Gasteiger partial charge in [-0.1, -0.05) is 52.4 Å².